The predicted octanol–water partition coefficient (Wildman–Crippen LogP) is 2.97. The first kappa shape index (κ1) is 13.5. The van der Waals surface area contributed by atoms with Gasteiger partial charge in [-0.05, 0) is 19.4 Å². The Labute approximate surface area is 115 Å². The van der Waals surface area contributed by atoms with Crippen LogP contribution in [-0.4, -0.2) is 22.0 Å². The summed E-state index contributed by atoms with van der Waals surface area (Å²) in [7, 11) is 0. The number of hydrogen-bond acceptors (Lipinski definition) is 5. The minimum absolute atomic E-state index is 0.0739. The molecule has 0 aliphatic heterocycles. The SMILES string of the molecule is CCC(C)Oc1cc(C(=O)Nc2nccs2)ccn1. The van der Waals surface area contributed by atoms with Crippen LogP contribution in [0, 0.1) is 0 Å². The number of amides is 1. The highest BCUT2D eigenvalue weighted by Crippen LogP contribution is 2.15. The van der Waals surface area contributed by atoms with E-state index >= 15 is 0 Å². The smallest absolute Gasteiger partial charge is 0.257 e. The molecule has 0 aliphatic carbocycles. The number of ether oxygens (including phenoxy) is 1. The Bertz CT molecular complexity index is 543. The number of carbonyl (C=O) groups excluding carboxylic acids is 1. The van der Waals surface area contributed by atoms with Gasteiger partial charge in [0.25, 0.3) is 5.91 Å². The van der Waals surface area contributed by atoms with E-state index in [1.54, 1.807) is 29.9 Å². The second-order valence-corrected chi connectivity index (χ2v) is 4.91. The maximum Gasteiger partial charge on any atom is 0.257 e. The van der Waals surface area contributed by atoms with Crippen molar-refractivity contribution in [3.05, 3.63) is 35.5 Å². The summed E-state index contributed by atoms with van der Waals surface area (Å²) in [6.07, 6.45) is 4.17. The van der Waals surface area contributed by atoms with Gasteiger partial charge in [-0.25, -0.2) is 9.97 Å². The quantitative estimate of drug-likeness (QED) is 0.912. The Morgan fingerprint density at radius 2 is 2.32 bits per heavy atom. The first-order valence-electron chi connectivity index (χ1n) is 6.02. The van der Waals surface area contributed by atoms with Crippen molar-refractivity contribution >= 4 is 22.4 Å². The third-order valence-corrected chi connectivity index (χ3v) is 3.24. The third-order valence-electron chi connectivity index (χ3n) is 2.55. The molecular formula is C13H15N3O2S. The Morgan fingerprint density at radius 3 is 3.00 bits per heavy atom. The Hall–Kier alpha value is -1.95. The summed E-state index contributed by atoms with van der Waals surface area (Å²) in [4.78, 5) is 20.1. The van der Waals surface area contributed by atoms with Crippen LogP contribution in [0.1, 0.15) is 30.6 Å². The number of rotatable bonds is 5. The molecule has 6 heteroatoms. The zero-order valence-electron chi connectivity index (χ0n) is 10.8. The van der Waals surface area contributed by atoms with Crippen LogP contribution in [0.5, 0.6) is 5.88 Å². The minimum atomic E-state index is -0.216. The van der Waals surface area contributed by atoms with E-state index in [2.05, 4.69) is 15.3 Å². The van der Waals surface area contributed by atoms with Crippen LogP contribution in [0.25, 0.3) is 0 Å². The van der Waals surface area contributed by atoms with E-state index in [4.69, 9.17) is 4.74 Å². The molecule has 0 fully saturated rings. The summed E-state index contributed by atoms with van der Waals surface area (Å²) in [5, 5.41) is 5.10. The number of hydrogen-bond donors (Lipinski definition) is 1. The second-order valence-electron chi connectivity index (χ2n) is 4.01. The number of pyridine rings is 1. The third kappa shape index (κ3) is 3.75. The van der Waals surface area contributed by atoms with Crippen LogP contribution in [0.4, 0.5) is 5.13 Å². The molecule has 1 unspecified atom stereocenters. The van der Waals surface area contributed by atoms with Crippen LogP contribution in [-0.2, 0) is 0 Å². The normalized spacial score (nSPS) is 11.9. The average molecular weight is 277 g/mol. The van der Waals surface area contributed by atoms with Crippen LogP contribution in [0.2, 0.25) is 0 Å². The molecule has 19 heavy (non-hydrogen) atoms. The molecule has 2 aromatic rings. The lowest BCUT2D eigenvalue weighted by Gasteiger charge is -2.11. The van der Waals surface area contributed by atoms with Gasteiger partial charge in [0.2, 0.25) is 5.88 Å². The first-order chi connectivity index (χ1) is 9.19. The largest absolute Gasteiger partial charge is 0.475 e. The first-order valence-corrected chi connectivity index (χ1v) is 6.90. The highest BCUT2D eigenvalue weighted by molar-refractivity contribution is 7.13. The molecule has 2 rings (SSSR count). The number of carbonyl (C=O) groups is 1. The van der Waals surface area contributed by atoms with Gasteiger partial charge >= 0.3 is 0 Å². The topological polar surface area (TPSA) is 64.1 Å². The molecule has 0 aliphatic rings. The van der Waals surface area contributed by atoms with Crippen molar-refractivity contribution in [3.8, 4) is 5.88 Å². The van der Waals surface area contributed by atoms with Gasteiger partial charge in [0, 0.05) is 29.4 Å². The van der Waals surface area contributed by atoms with E-state index in [1.165, 1.54) is 11.3 Å². The van der Waals surface area contributed by atoms with Crippen molar-refractivity contribution in [2.75, 3.05) is 5.32 Å². The van der Waals surface area contributed by atoms with Gasteiger partial charge in [0.1, 0.15) is 0 Å². The number of anilines is 1. The summed E-state index contributed by atoms with van der Waals surface area (Å²) in [5.41, 5.74) is 0.503. The van der Waals surface area contributed by atoms with Crippen LogP contribution < -0.4 is 10.1 Å². The van der Waals surface area contributed by atoms with Crippen molar-refractivity contribution in [3.63, 3.8) is 0 Å². The van der Waals surface area contributed by atoms with E-state index in [-0.39, 0.29) is 12.0 Å². The van der Waals surface area contributed by atoms with Crippen molar-refractivity contribution in [1.29, 1.82) is 0 Å². The van der Waals surface area contributed by atoms with Gasteiger partial charge in [-0.3, -0.25) is 10.1 Å². The van der Waals surface area contributed by atoms with E-state index in [0.29, 0.717) is 16.6 Å². The molecule has 0 aromatic carbocycles. The van der Waals surface area contributed by atoms with Gasteiger partial charge in [0.05, 0.1) is 6.10 Å². The van der Waals surface area contributed by atoms with Gasteiger partial charge in [-0.15, -0.1) is 11.3 Å². The lowest BCUT2D eigenvalue weighted by Crippen LogP contribution is -2.14. The molecule has 0 saturated carbocycles. The Balaban J connectivity index is 2.07. The number of nitrogens with zero attached hydrogens (tertiary/aromatic N) is 2. The minimum Gasteiger partial charge on any atom is -0.475 e. The summed E-state index contributed by atoms with van der Waals surface area (Å²) in [6, 6.07) is 3.28. The molecule has 0 spiro atoms. The molecule has 0 radical (unpaired) electrons. The van der Waals surface area contributed by atoms with Crippen molar-refractivity contribution < 1.29 is 9.53 Å². The Morgan fingerprint density at radius 1 is 1.47 bits per heavy atom. The zero-order valence-corrected chi connectivity index (χ0v) is 11.6. The molecule has 2 heterocycles. The molecule has 0 bridgehead atoms. The maximum absolute atomic E-state index is 12.0. The van der Waals surface area contributed by atoms with Gasteiger partial charge in [0.15, 0.2) is 5.13 Å². The fourth-order valence-corrected chi connectivity index (χ4v) is 1.88. The molecule has 1 amide bonds. The van der Waals surface area contributed by atoms with Crippen molar-refractivity contribution in [2.24, 2.45) is 0 Å². The predicted molar refractivity (Wildman–Crippen MR) is 74.7 cm³/mol. The van der Waals surface area contributed by atoms with Gasteiger partial charge in [-0.2, -0.15) is 0 Å². The summed E-state index contributed by atoms with van der Waals surface area (Å²) < 4.78 is 5.59. The summed E-state index contributed by atoms with van der Waals surface area (Å²) >= 11 is 1.37. The summed E-state index contributed by atoms with van der Waals surface area (Å²) in [5.74, 6) is 0.243. The molecular weight excluding hydrogens is 262 g/mol. The van der Waals surface area contributed by atoms with E-state index in [0.717, 1.165) is 6.42 Å². The molecule has 100 valence electrons. The van der Waals surface area contributed by atoms with Crippen LogP contribution in [0.3, 0.4) is 0 Å². The maximum atomic E-state index is 12.0. The Kier molecular flexibility index (Phi) is 4.46. The molecule has 1 atom stereocenters. The number of thiazole rings is 1. The van der Waals surface area contributed by atoms with Crippen molar-refractivity contribution in [2.45, 2.75) is 26.4 Å². The lowest BCUT2D eigenvalue weighted by molar-refractivity contribution is 0.102. The van der Waals surface area contributed by atoms with Crippen LogP contribution in [0.15, 0.2) is 29.9 Å². The van der Waals surface area contributed by atoms with Gasteiger partial charge < -0.3 is 4.74 Å². The fourth-order valence-electron chi connectivity index (χ4n) is 1.36. The highest BCUT2D eigenvalue weighted by atomic mass is 32.1. The molecule has 1 N–H and O–H groups in total. The summed E-state index contributed by atoms with van der Waals surface area (Å²) in [6.45, 7) is 3.99. The second kappa shape index (κ2) is 6.29. The molecule has 0 saturated heterocycles. The highest BCUT2D eigenvalue weighted by Gasteiger charge is 2.10. The van der Waals surface area contributed by atoms with Gasteiger partial charge in [-0.1, -0.05) is 6.92 Å². The average Bonchev–Trinajstić information content (AvgIpc) is 2.91. The van der Waals surface area contributed by atoms with E-state index < -0.39 is 0 Å². The number of aromatic nitrogens is 2. The standard InChI is InChI=1S/C13H15N3O2S/c1-3-9(2)18-11-8-10(4-5-14-11)12(17)16-13-15-6-7-19-13/h4-9H,3H2,1-2H3,(H,15,16,17). The van der Waals surface area contributed by atoms with Crippen LogP contribution >= 0.6 is 11.3 Å². The van der Waals surface area contributed by atoms with Crippen molar-refractivity contribution in [1.82, 2.24) is 9.97 Å². The fraction of sp³-hybridized carbons (Fsp3) is 0.308. The monoisotopic (exact) mass is 277 g/mol. The number of nitrogens with one attached hydrogen (secondary N) is 1. The molecule has 2 aromatic heterocycles. The molecule has 5 nitrogen and oxygen atoms in total. The lowest BCUT2D eigenvalue weighted by atomic mass is 10.2. The van der Waals surface area contributed by atoms with E-state index in [9.17, 15) is 4.79 Å². The zero-order chi connectivity index (χ0) is 13.7. The van der Waals surface area contributed by atoms with E-state index in [1.807, 2.05) is 13.8 Å².